The number of imidazole rings is 1. The number of carbonyl (C=O) groups excluding carboxylic acids is 1. The Balaban J connectivity index is 2.15. The summed E-state index contributed by atoms with van der Waals surface area (Å²) >= 11 is 0. The van der Waals surface area contributed by atoms with E-state index in [2.05, 4.69) is 9.97 Å². The Kier molecular flexibility index (Phi) is 2.51. The van der Waals surface area contributed by atoms with E-state index in [4.69, 9.17) is 9.47 Å². The number of hydrogen-bond donors (Lipinski definition) is 1. The maximum Gasteiger partial charge on any atom is 0.168 e. The Morgan fingerprint density at radius 2 is 2.00 bits per heavy atom. The van der Waals surface area contributed by atoms with Crippen molar-refractivity contribution in [1.29, 1.82) is 0 Å². The molecule has 0 fully saturated rings. The molecule has 0 saturated heterocycles. The van der Waals surface area contributed by atoms with Gasteiger partial charge in [0.15, 0.2) is 17.8 Å². The van der Waals surface area contributed by atoms with E-state index in [0.29, 0.717) is 30.4 Å². The van der Waals surface area contributed by atoms with Crippen LogP contribution in [0.5, 0.6) is 11.5 Å². The number of carbonyl (C=O) groups is 1. The first-order valence-electron chi connectivity index (χ1n) is 5.69. The highest BCUT2D eigenvalue weighted by Gasteiger charge is 2.17. The predicted octanol–water partition coefficient (Wildman–Crippen LogP) is 1.97. The number of ether oxygens (including phenoxy) is 2. The third kappa shape index (κ3) is 1.64. The molecule has 0 radical (unpaired) electrons. The summed E-state index contributed by atoms with van der Waals surface area (Å²) in [6.07, 6.45) is 2.27. The summed E-state index contributed by atoms with van der Waals surface area (Å²) in [5.41, 5.74) is 2.98. The van der Waals surface area contributed by atoms with Crippen molar-refractivity contribution in [3.63, 3.8) is 0 Å². The molecule has 1 aliphatic rings. The number of H-pyrrole nitrogens is 1. The van der Waals surface area contributed by atoms with E-state index in [0.717, 1.165) is 23.2 Å². The van der Waals surface area contributed by atoms with Gasteiger partial charge in [0.2, 0.25) is 0 Å². The number of nitrogens with one attached hydrogen (secondary N) is 1. The standard InChI is InChI=1S/C13H12N2O3/c1-8-4-11-12(18-3-2-17-11)5-9(8)13-10(6-16)14-7-15-13/h4-7H,2-3H2,1H3,(H,14,15). The molecule has 3 rings (SSSR count). The van der Waals surface area contributed by atoms with Crippen molar-refractivity contribution >= 4 is 6.29 Å². The van der Waals surface area contributed by atoms with Crippen molar-refractivity contribution in [2.45, 2.75) is 6.92 Å². The van der Waals surface area contributed by atoms with Crippen LogP contribution in [-0.2, 0) is 0 Å². The lowest BCUT2D eigenvalue weighted by Gasteiger charge is -2.20. The van der Waals surface area contributed by atoms with Gasteiger partial charge in [0.05, 0.1) is 12.0 Å². The van der Waals surface area contributed by atoms with E-state index < -0.39 is 0 Å². The Labute approximate surface area is 104 Å². The number of benzene rings is 1. The van der Waals surface area contributed by atoms with Gasteiger partial charge in [-0.2, -0.15) is 0 Å². The zero-order chi connectivity index (χ0) is 12.5. The Bertz CT molecular complexity index is 604. The van der Waals surface area contributed by atoms with E-state index >= 15 is 0 Å². The van der Waals surface area contributed by atoms with Crippen LogP contribution in [0.25, 0.3) is 11.3 Å². The smallest absolute Gasteiger partial charge is 0.168 e. The monoisotopic (exact) mass is 244 g/mol. The van der Waals surface area contributed by atoms with Gasteiger partial charge in [-0.1, -0.05) is 0 Å². The third-order valence-electron chi connectivity index (χ3n) is 2.93. The average molecular weight is 244 g/mol. The van der Waals surface area contributed by atoms with E-state index in [1.54, 1.807) is 0 Å². The summed E-state index contributed by atoms with van der Waals surface area (Å²) in [4.78, 5) is 17.9. The van der Waals surface area contributed by atoms with Crippen LogP contribution in [0.2, 0.25) is 0 Å². The van der Waals surface area contributed by atoms with Gasteiger partial charge in [0, 0.05) is 5.56 Å². The Morgan fingerprint density at radius 1 is 1.28 bits per heavy atom. The number of aryl methyl sites for hydroxylation is 1. The van der Waals surface area contributed by atoms with Crippen LogP contribution in [0.15, 0.2) is 18.5 Å². The van der Waals surface area contributed by atoms with Gasteiger partial charge in [-0.3, -0.25) is 4.79 Å². The fraction of sp³-hybridized carbons (Fsp3) is 0.231. The largest absolute Gasteiger partial charge is 0.486 e. The Hall–Kier alpha value is -2.30. The molecule has 1 N–H and O–H groups in total. The summed E-state index contributed by atoms with van der Waals surface area (Å²) < 4.78 is 11.0. The van der Waals surface area contributed by atoms with Crippen LogP contribution in [0.4, 0.5) is 0 Å². The van der Waals surface area contributed by atoms with Crippen molar-refractivity contribution in [1.82, 2.24) is 9.97 Å². The van der Waals surface area contributed by atoms with Crippen molar-refractivity contribution < 1.29 is 14.3 Å². The number of hydrogen-bond acceptors (Lipinski definition) is 4. The van der Waals surface area contributed by atoms with Gasteiger partial charge in [-0.25, -0.2) is 4.98 Å². The van der Waals surface area contributed by atoms with Crippen LogP contribution in [0, 0.1) is 6.92 Å². The second-order valence-corrected chi connectivity index (χ2v) is 4.09. The zero-order valence-electron chi connectivity index (χ0n) is 9.90. The summed E-state index contributed by atoms with van der Waals surface area (Å²) in [7, 11) is 0. The lowest BCUT2D eigenvalue weighted by Crippen LogP contribution is -2.15. The van der Waals surface area contributed by atoms with Gasteiger partial charge in [-0.05, 0) is 24.6 Å². The van der Waals surface area contributed by atoms with Crippen LogP contribution < -0.4 is 9.47 Å². The van der Waals surface area contributed by atoms with Crippen LogP contribution in [0.3, 0.4) is 0 Å². The maximum absolute atomic E-state index is 10.9. The highest BCUT2D eigenvalue weighted by atomic mass is 16.6. The second-order valence-electron chi connectivity index (χ2n) is 4.09. The van der Waals surface area contributed by atoms with Gasteiger partial charge in [-0.15, -0.1) is 0 Å². The van der Waals surface area contributed by atoms with Crippen LogP contribution >= 0.6 is 0 Å². The SMILES string of the molecule is Cc1cc2c(cc1-c1nc[nH]c1C=O)OCCO2. The lowest BCUT2D eigenvalue weighted by molar-refractivity contribution is 0.112. The minimum atomic E-state index is 0.467. The molecule has 1 aromatic heterocycles. The quantitative estimate of drug-likeness (QED) is 0.820. The van der Waals surface area contributed by atoms with E-state index in [-0.39, 0.29) is 0 Å². The first-order chi connectivity index (χ1) is 8.79. The molecule has 5 heteroatoms. The van der Waals surface area contributed by atoms with Crippen molar-refractivity contribution in [3.05, 3.63) is 29.7 Å². The van der Waals surface area contributed by atoms with E-state index in [1.807, 2.05) is 19.1 Å². The molecule has 2 aromatic rings. The molecule has 1 aromatic carbocycles. The highest BCUT2D eigenvalue weighted by molar-refractivity contribution is 5.85. The molecular weight excluding hydrogens is 232 g/mol. The molecule has 0 amide bonds. The van der Waals surface area contributed by atoms with Gasteiger partial charge in [0.25, 0.3) is 0 Å². The fourth-order valence-corrected chi connectivity index (χ4v) is 2.05. The molecule has 0 saturated carbocycles. The predicted molar refractivity (Wildman–Crippen MR) is 65.1 cm³/mol. The van der Waals surface area contributed by atoms with E-state index in [1.165, 1.54) is 6.33 Å². The topological polar surface area (TPSA) is 64.2 Å². The molecule has 0 bridgehead atoms. The molecule has 92 valence electrons. The summed E-state index contributed by atoms with van der Waals surface area (Å²) in [5, 5.41) is 0. The normalized spacial score (nSPS) is 13.4. The van der Waals surface area contributed by atoms with Crippen LogP contribution in [0.1, 0.15) is 16.1 Å². The molecule has 18 heavy (non-hydrogen) atoms. The molecule has 0 atom stereocenters. The second kappa shape index (κ2) is 4.18. The number of aldehydes is 1. The number of fused-ring (bicyclic) bond motifs is 1. The van der Waals surface area contributed by atoms with Crippen molar-refractivity contribution in [2.75, 3.05) is 13.2 Å². The third-order valence-corrected chi connectivity index (χ3v) is 2.93. The number of aromatic nitrogens is 2. The minimum absolute atomic E-state index is 0.467. The molecule has 5 nitrogen and oxygen atoms in total. The van der Waals surface area contributed by atoms with Crippen LogP contribution in [-0.4, -0.2) is 29.5 Å². The average Bonchev–Trinajstić information content (AvgIpc) is 2.86. The first-order valence-corrected chi connectivity index (χ1v) is 5.69. The number of nitrogens with zero attached hydrogens (tertiary/aromatic N) is 1. The summed E-state index contributed by atoms with van der Waals surface area (Å²) in [5.74, 6) is 1.44. The maximum atomic E-state index is 10.9. The fourth-order valence-electron chi connectivity index (χ4n) is 2.05. The number of rotatable bonds is 2. The lowest BCUT2D eigenvalue weighted by atomic mass is 10.0. The van der Waals surface area contributed by atoms with Crippen molar-refractivity contribution in [3.8, 4) is 22.8 Å². The summed E-state index contributed by atoms with van der Waals surface area (Å²) in [6.45, 7) is 3.06. The number of aromatic amines is 1. The van der Waals surface area contributed by atoms with Crippen molar-refractivity contribution in [2.24, 2.45) is 0 Å². The summed E-state index contributed by atoms with van der Waals surface area (Å²) in [6, 6.07) is 3.78. The zero-order valence-corrected chi connectivity index (χ0v) is 9.90. The highest BCUT2D eigenvalue weighted by Crippen LogP contribution is 2.37. The molecule has 2 heterocycles. The molecule has 0 unspecified atom stereocenters. The van der Waals surface area contributed by atoms with Gasteiger partial charge in [0.1, 0.15) is 18.9 Å². The van der Waals surface area contributed by atoms with Gasteiger partial charge < -0.3 is 14.5 Å². The Morgan fingerprint density at radius 3 is 2.72 bits per heavy atom. The van der Waals surface area contributed by atoms with E-state index in [9.17, 15) is 4.79 Å². The first kappa shape index (κ1) is 10.8. The molecule has 1 aliphatic heterocycles. The molecule has 0 spiro atoms. The molecule has 0 aliphatic carbocycles. The molecular formula is C13H12N2O3. The van der Waals surface area contributed by atoms with Gasteiger partial charge >= 0.3 is 0 Å². The minimum Gasteiger partial charge on any atom is -0.486 e.